The summed E-state index contributed by atoms with van der Waals surface area (Å²) in [7, 11) is 0. The third-order valence-electron chi connectivity index (χ3n) is 3.39. The molecule has 0 saturated carbocycles. The van der Waals surface area contributed by atoms with E-state index in [-0.39, 0.29) is 0 Å². The highest BCUT2D eigenvalue weighted by atomic mass is 35.5. The summed E-state index contributed by atoms with van der Waals surface area (Å²) in [5.74, 6) is 1.14. The molecule has 1 aromatic carbocycles. The van der Waals surface area contributed by atoms with Gasteiger partial charge in [0, 0.05) is 24.0 Å². The van der Waals surface area contributed by atoms with Crippen LogP contribution in [-0.4, -0.2) is 16.1 Å². The second kappa shape index (κ2) is 5.12. The lowest BCUT2D eigenvalue weighted by atomic mass is 10.2. The largest absolute Gasteiger partial charge is 0.329 e. The third-order valence-corrected chi connectivity index (χ3v) is 3.64. The summed E-state index contributed by atoms with van der Waals surface area (Å²) < 4.78 is 2.21. The maximum atomic E-state index is 5.90. The number of hydrogen-bond donors (Lipinski definition) is 1. The zero-order chi connectivity index (χ0) is 12.4. The van der Waals surface area contributed by atoms with Crippen LogP contribution in [0.15, 0.2) is 36.7 Å². The van der Waals surface area contributed by atoms with E-state index in [0.29, 0.717) is 6.04 Å². The van der Waals surface area contributed by atoms with Crippen molar-refractivity contribution in [3.63, 3.8) is 0 Å². The Balaban J connectivity index is 1.80. The number of nitrogens with one attached hydrogen (secondary N) is 1. The van der Waals surface area contributed by atoms with E-state index in [4.69, 9.17) is 11.6 Å². The third kappa shape index (κ3) is 2.42. The highest BCUT2D eigenvalue weighted by molar-refractivity contribution is 6.30. The Bertz CT molecular complexity index is 512. The van der Waals surface area contributed by atoms with Crippen LogP contribution in [0.25, 0.3) is 0 Å². The zero-order valence-electron chi connectivity index (χ0n) is 10.1. The van der Waals surface area contributed by atoms with E-state index in [1.807, 2.05) is 24.5 Å². The molecule has 0 bridgehead atoms. The Kier molecular flexibility index (Phi) is 3.35. The molecule has 94 valence electrons. The van der Waals surface area contributed by atoms with Gasteiger partial charge in [-0.25, -0.2) is 4.98 Å². The van der Waals surface area contributed by atoms with Gasteiger partial charge in [0.25, 0.3) is 0 Å². The van der Waals surface area contributed by atoms with E-state index >= 15 is 0 Å². The van der Waals surface area contributed by atoms with Crippen LogP contribution in [0, 0.1) is 0 Å². The van der Waals surface area contributed by atoms with Crippen molar-refractivity contribution in [2.75, 3.05) is 6.54 Å². The van der Waals surface area contributed by atoms with Gasteiger partial charge in [0.1, 0.15) is 5.82 Å². The standard InChI is InChI=1S/C14H16ClN3/c15-12-5-3-11(4-6-12)10-18-9-8-17-14(18)13-2-1-7-16-13/h3-6,8-9,13,16H,1-2,7,10H2. The molecule has 1 atom stereocenters. The Morgan fingerprint density at radius 2 is 2.17 bits per heavy atom. The molecule has 0 spiro atoms. The van der Waals surface area contributed by atoms with Crippen molar-refractivity contribution in [2.24, 2.45) is 0 Å². The van der Waals surface area contributed by atoms with Crippen molar-refractivity contribution in [2.45, 2.75) is 25.4 Å². The first kappa shape index (κ1) is 11.8. The van der Waals surface area contributed by atoms with E-state index in [0.717, 1.165) is 23.9 Å². The summed E-state index contributed by atoms with van der Waals surface area (Å²) in [6, 6.07) is 8.40. The van der Waals surface area contributed by atoms with Gasteiger partial charge in [-0.05, 0) is 37.1 Å². The maximum absolute atomic E-state index is 5.90. The minimum atomic E-state index is 0.410. The fourth-order valence-electron chi connectivity index (χ4n) is 2.46. The maximum Gasteiger partial charge on any atom is 0.126 e. The average molecular weight is 262 g/mol. The van der Waals surface area contributed by atoms with E-state index in [1.54, 1.807) is 0 Å². The van der Waals surface area contributed by atoms with Crippen molar-refractivity contribution in [1.82, 2.24) is 14.9 Å². The summed E-state index contributed by atoms with van der Waals surface area (Å²) in [6.07, 6.45) is 6.34. The van der Waals surface area contributed by atoms with Crippen LogP contribution in [0.2, 0.25) is 5.02 Å². The Morgan fingerprint density at radius 3 is 2.89 bits per heavy atom. The van der Waals surface area contributed by atoms with Crippen LogP contribution >= 0.6 is 11.6 Å². The lowest BCUT2D eigenvalue weighted by Gasteiger charge is -2.13. The zero-order valence-corrected chi connectivity index (χ0v) is 10.9. The molecule has 1 N–H and O–H groups in total. The van der Waals surface area contributed by atoms with Gasteiger partial charge in [-0.2, -0.15) is 0 Å². The van der Waals surface area contributed by atoms with Crippen molar-refractivity contribution < 1.29 is 0 Å². The normalized spacial score (nSPS) is 19.3. The fourth-order valence-corrected chi connectivity index (χ4v) is 2.58. The van der Waals surface area contributed by atoms with E-state index < -0.39 is 0 Å². The molecule has 2 aromatic rings. The van der Waals surface area contributed by atoms with Gasteiger partial charge < -0.3 is 9.88 Å². The first-order chi connectivity index (χ1) is 8.83. The molecule has 4 heteroatoms. The number of hydrogen-bond acceptors (Lipinski definition) is 2. The highest BCUT2D eigenvalue weighted by Gasteiger charge is 2.20. The number of halogens is 1. The lowest BCUT2D eigenvalue weighted by Crippen LogP contribution is -2.18. The molecule has 1 aromatic heterocycles. The molecule has 3 nitrogen and oxygen atoms in total. The smallest absolute Gasteiger partial charge is 0.126 e. The second-order valence-electron chi connectivity index (χ2n) is 4.69. The van der Waals surface area contributed by atoms with Crippen LogP contribution in [0.4, 0.5) is 0 Å². The number of nitrogens with zero attached hydrogens (tertiary/aromatic N) is 2. The molecule has 0 radical (unpaired) electrons. The van der Waals surface area contributed by atoms with Crippen molar-refractivity contribution in [3.05, 3.63) is 53.1 Å². The summed E-state index contributed by atoms with van der Waals surface area (Å²) >= 11 is 5.90. The molecule has 0 aliphatic carbocycles. The lowest BCUT2D eigenvalue weighted by molar-refractivity contribution is 0.565. The quantitative estimate of drug-likeness (QED) is 0.921. The van der Waals surface area contributed by atoms with Gasteiger partial charge in [0.15, 0.2) is 0 Å². The molecule has 1 aliphatic rings. The molecular weight excluding hydrogens is 246 g/mol. The molecular formula is C14H16ClN3. The Hall–Kier alpha value is -1.32. The van der Waals surface area contributed by atoms with Gasteiger partial charge in [0.2, 0.25) is 0 Å². The molecule has 1 aliphatic heterocycles. The van der Waals surface area contributed by atoms with Gasteiger partial charge >= 0.3 is 0 Å². The van der Waals surface area contributed by atoms with Crippen LogP contribution in [-0.2, 0) is 6.54 Å². The summed E-state index contributed by atoms with van der Waals surface area (Å²) in [4.78, 5) is 4.49. The first-order valence-electron chi connectivity index (χ1n) is 6.32. The van der Waals surface area contributed by atoms with Gasteiger partial charge in [0.05, 0.1) is 6.04 Å². The van der Waals surface area contributed by atoms with E-state index in [9.17, 15) is 0 Å². The molecule has 18 heavy (non-hydrogen) atoms. The Labute approximate surface area is 112 Å². The average Bonchev–Trinajstić information content (AvgIpc) is 3.02. The minimum Gasteiger partial charge on any atom is -0.329 e. The van der Waals surface area contributed by atoms with Gasteiger partial charge in [-0.1, -0.05) is 23.7 Å². The van der Waals surface area contributed by atoms with Crippen molar-refractivity contribution >= 4 is 11.6 Å². The number of imidazole rings is 1. The summed E-state index contributed by atoms with van der Waals surface area (Å²) in [6.45, 7) is 1.95. The van der Waals surface area contributed by atoms with Crippen LogP contribution in [0.3, 0.4) is 0 Å². The van der Waals surface area contributed by atoms with E-state index in [1.165, 1.54) is 18.4 Å². The number of rotatable bonds is 3. The SMILES string of the molecule is Clc1ccc(Cn2ccnc2C2CCCN2)cc1. The molecule has 1 unspecified atom stereocenters. The second-order valence-corrected chi connectivity index (χ2v) is 5.13. The highest BCUT2D eigenvalue weighted by Crippen LogP contribution is 2.22. The van der Waals surface area contributed by atoms with Gasteiger partial charge in [-0.15, -0.1) is 0 Å². The number of aromatic nitrogens is 2. The van der Waals surface area contributed by atoms with Crippen molar-refractivity contribution in [1.29, 1.82) is 0 Å². The van der Waals surface area contributed by atoms with Crippen molar-refractivity contribution in [3.8, 4) is 0 Å². The number of benzene rings is 1. The fraction of sp³-hybridized carbons (Fsp3) is 0.357. The van der Waals surface area contributed by atoms with Crippen LogP contribution in [0.1, 0.15) is 30.3 Å². The molecule has 3 rings (SSSR count). The summed E-state index contributed by atoms with van der Waals surface area (Å²) in [5.41, 5.74) is 1.25. The molecule has 1 fully saturated rings. The monoisotopic (exact) mass is 261 g/mol. The van der Waals surface area contributed by atoms with E-state index in [2.05, 4.69) is 27.0 Å². The minimum absolute atomic E-state index is 0.410. The van der Waals surface area contributed by atoms with Crippen LogP contribution < -0.4 is 5.32 Å². The molecule has 0 amide bonds. The molecule has 1 saturated heterocycles. The summed E-state index contributed by atoms with van der Waals surface area (Å²) in [5, 5.41) is 4.27. The topological polar surface area (TPSA) is 29.9 Å². The van der Waals surface area contributed by atoms with Crippen LogP contribution in [0.5, 0.6) is 0 Å². The van der Waals surface area contributed by atoms with Gasteiger partial charge in [-0.3, -0.25) is 0 Å². The molecule has 2 heterocycles. The Morgan fingerprint density at radius 1 is 1.33 bits per heavy atom. The first-order valence-corrected chi connectivity index (χ1v) is 6.69. The predicted octanol–water partition coefficient (Wildman–Crippen LogP) is 3.01. The predicted molar refractivity (Wildman–Crippen MR) is 72.8 cm³/mol.